The second kappa shape index (κ2) is 5.63. The molecular weight excluding hydrogens is 140 g/mol. The van der Waals surface area contributed by atoms with E-state index in [1.807, 2.05) is 0 Å². The molecular formula is C6H9ClO2. The lowest BCUT2D eigenvalue weighted by Gasteiger charge is -1.95. The van der Waals surface area contributed by atoms with E-state index in [1.165, 1.54) is 0 Å². The first kappa shape index (κ1) is 8.50. The zero-order valence-corrected chi connectivity index (χ0v) is 5.86. The minimum absolute atomic E-state index is 0.383. The maximum Gasteiger partial charge on any atom is 0.403 e. The molecule has 0 N–H and O–H groups in total. The van der Waals surface area contributed by atoms with Crippen LogP contribution in [0.2, 0.25) is 0 Å². The van der Waals surface area contributed by atoms with E-state index in [0.717, 1.165) is 12.8 Å². The zero-order chi connectivity index (χ0) is 7.11. The minimum atomic E-state index is -0.737. The van der Waals surface area contributed by atoms with Gasteiger partial charge in [-0.15, -0.1) is 6.58 Å². The van der Waals surface area contributed by atoms with Gasteiger partial charge in [-0.05, 0) is 12.8 Å². The summed E-state index contributed by atoms with van der Waals surface area (Å²) in [5, 5.41) is 0. The highest BCUT2D eigenvalue weighted by Crippen LogP contribution is 1.93. The second-order valence-corrected chi connectivity index (χ2v) is 1.83. The predicted octanol–water partition coefficient (Wildman–Crippen LogP) is 2.33. The molecule has 0 atom stereocenters. The normalized spacial score (nSPS) is 8.56. The smallest absolute Gasteiger partial charge is 0.403 e. The van der Waals surface area contributed by atoms with Crippen LogP contribution >= 0.6 is 11.6 Å². The molecule has 0 bridgehead atoms. The molecule has 0 aromatic rings. The molecule has 0 amide bonds. The lowest BCUT2D eigenvalue weighted by Crippen LogP contribution is -1.94. The molecule has 0 radical (unpaired) electrons. The van der Waals surface area contributed by atoms with E-state index in [0.29, 0.717) is 6.61 Å². The topological polar surface area (TPSA) is 26.3 Å². The fourth-order valence-corrected chi connectivity index (χ4v) is 0.457. The van der Waals surface area contributed by atoms with Crippen LogP contribution in [-0.4, -0.2) is 12.0 Å². The molecule has 0 rings (SSSR count). The van der Waals surface area contributed by atoms with Gasteiger partial charge in [0.2, 0.25) is 0 Å². The monoisotopic (exact) mass is 148 g/mol. The van der Waals surface area contributed by atoms with E-state index in [2.05, 4.69) is 11.3 Å². The second-order valence-electron chi connectivity index (χ2n) is 1.52. The fraction of sp³-hybridized carbons (Fsp3) is 0.500. The Labute approximate surface area is 59.5 Å². The van der Waals surface area contributed by atoms with Gasteiger partial charge in [-0.3, -0.25) is 0 Å². The molecule has 0 aliphatic rings. The highest BCUT2D eigenvalue weighted by molar-refractivity contribution is 6.61. The standard InChI is InChI=1S/C6H9ClO2/c1-2-3-4-5-9-6(7)8/h2H,1,3-5H2. The number of hydrogen-bond acceptors (Lipinski definition) is 2. The van der Waals surface area contributed by atoms with E-state index in [-0.39, 0.29) is 0 Å². The van der Waals surface area contributed by atoms with Crippen molar-refractivity contribution in [1.29, 1.82) is 0 Å². The Kier molecular flexibility index (Phi) is 5.32. The minimum Gasteiger partial charge on any atom is -0.454 e. The molecule has 0 aliphatic carbocycles. The Bertz CT molecular complexity index is 101. The lowest BCUT2D eigenvalue weighted by molar-refractivity contribution is 0.172. The molecule has 0 aromatic heterocycles. The maximum absolute atomic E-state index is 9.92. The van der Waals surface area contributed by atoms with Gasteiger partial charge in [-0.25, -0.2) is 4.79 Å². The number of carbonyl (C=O) groups excluding carboxylic acids is 1. The van der Waals surface area contributed by atoms with E-state index in [9.17, 15) is 4.79 Å². The number of halogens is 1. The fourth-order valence-electron chi connectivity index (χ4n) is 0.380. The summed E-state index contributed by atoms with van der Waals surface area (Å²) in [5.74, 6) is 0. The van der Waals surface area contributed by atoms with Gasteiger partial charge >= 0.3 is 5.43 Å². The van der Waals surface area contributed by atoms with Crippen LogP contribution in [0, 0.1) is 0 Å². The molecule has 0 fully saturated rings. The Hall–Kier alpha value is -0.500. The van der Waals surface area contributed by atoms with Crippen LogP contribution in [0.1, 0.15) is 12.8 Å². The quantitative estimate of drug-likeness (QED) is 0.348. The molecule has 9 heavy (non-hydrogen) atoms. The van der Waals surface area contributed by atoms with Crippen LogP contribution in [0.25, 0.3) is 0 Å². The van der Waals surface area contributed by atoms with Gasteiger partial charge in [0.25, 0.3) is 0 Å². The Morgan fingerprint density at radius 3 is 2.89 bits per heavy atom. The lowest BCUT2D eigenvalue weighted by atomic mass is 10.3. The summed E-state index contributed by atoms with van der Waals surface area (Å²) in [4.78, 5) is 9.92. The van der Waals surface area contributed by atoms with E-state index in [1.54, 1.807) is 6.08 Å². The molecule has 0 saturated heterocycles. The number of carbonyl (C=O) groups is 1. The van der Waals surface area contributed by atoms with Gasteiger partial charge in [-0.2, -0.15) is 0 Å². The number of rotatable bonds is 4. The van der Waals surface area contributed by atoms with Crippen molar-refractivity contribution >= 4 is 17.0 Å². The van der Waals surface area contributed by atoms with Gasteiger partial charge in [0.1, 0.15) is 0 Å². The summed E-state index contributed by atoms with van der Waals surface area (Å²) in [6, 6.07) is 0. The first-order chi connectivity index (χ1) is 4.27. The Balaban J connectivity index is 2.91. The van der Waals surface area contributed by atoms with Gasteiger partial charge in [-0.1, -0.05) is 6.08 Å². The third kappa shape index (κ3) is 7.50. The molecule has 0 unspecified atom stereocenters. The summed E-state index contributed by atoms with van der Waals surface area (Å²) in [5.41, 5.74) is -0.737. The first-order valence-corrected chi connectivity index (χ1v) is 3.08. The van der Waals surface area contributed by atoms with Crippen molar-refractivity contribution in [3.63, 3.8) is 0 Å². The summed E-state index contributed by atoms with van der Waals surface area (Å²) in [7, 11) is 0. The molecule has 0 heterocycles. The van der Waals surface area contributed by atoms with Crippen LogP contribution in [0.5, 0.6) is 0 Å². The van der Waals surface area contributed by atoms with Crippen molar-refractivity contribution in [1.82, 2.24) is 0 Å². The van der Waals surface area contributed by atoms with Crippen molar-refractivity contribution < 1.29 is 9.53 Å². The largest absolute Gasteiger partial charge is 0.454 e. The number of hydrogen-bond donors (Lipinski definition) is 0. The number of allylic oxidation sites excluding steroid dienone is 1. The van der Waals surface area contributed by atoms with E-state index < -0.39 is 5.43 Å². The van der Waals surface area contributed by atoms with Gasteiger partial charge in [0.15, 0.2) is 0 Å². The third-order valence-corrected chi connectivity index (χ3v) is 0.877. The molecule has 0 aliphatic heterocycles. The average molecular weight is 149 g/mol. The summed E-state index contributed by atoms with van der Waals surface area (Å²) in [6.45, 7) is 3.89. The van der Waals surface area contributed by atoms with Crippen LogP contribution in [0.4, 0.5) is 4.79 Å². The molecule has 0 saturated carbocycles. The third-order valence-electron chi connectivity index (χ3n) is 0.768. The molecule has 2 nitrogen and oxygen atoms in total. The molecule has 0 spiro atoms. The van der Waals surface area contributed by atoms with Crippen molar-refractivity contribution in [3.05, 3.63) is 12.7 Å². The van der Waals surface area contributed by atoms with Crippen molar-refractivity contribution in [2.24, 2.45) is 0 Å². The summed E-state index contributed by atoms with van der Waals surface area (Å²) in [6.07, 6.45) is 3.41. The molecule has 0 aromatic carbocycles. The van der Waals surface area contributed by atoms with Gasteiger partial charge < -0.3 is 4.74 Å². The van der Waals surface area contributed by atoms with E-state index in [4.69, 9.17) is 11.6 Å². The number of unbranched alkanes of at least 4 members (excludes halogenated alkanes) is 1. The number of ether oxygens (including phenoxy) is 1. The maximum atomic E-state index is 9.92. The van der Waals surface area contributed by atoms with Crippen LogP contribution in [0.3, 0.4) is 0 Å². The Morgan fingerprint density at radius 2 is 2.44 bits per heavy atom. The summed E-state index contributed by atoms with van der Waals surface area (Å²) >= 11 is 4.87. The van der Waals surface area contributed by atoms with Crippen molar-refractivity contribution in [2.75, 3.05) is 6.61 Å². The predicted molar refractivity (Wildman–Crippen MR) is 36.6 cm³/mol. The highest BCUT2D eigenvalue weighted by Gasteiger charge is 1.91. The molecule has 52 valence electrons. The highest BCUT2D eigenvalue weighted by atomic mass is 35.5. The van der Waals surface area contributed by atoms with Crippen molar-refractivity contribution in [3.8, 4) is 0 Å². The average Bonchev–Trinajstić information content (AvgIpc) is 1.80. The van der Waals surface area contributed by atoms with Crippen molar-refractivity contribution in [2.45, 2.75) is 12.8 Å². The Morgan fingerprint density at radius 1 is 1.78 bits per heavy atom. The van der Waals surface area contributed by atoms with Crippen LogP contribution in [0.15, 0.2) is 12.7 Å². The van der Waals surface area contributed by atoms with Crippen LogP contribution in [-0.2, 0) is 4.74 Å². The van der Waals surface area contributed by atoms with Gasteiger partial charge in [0, 0.05) is 11.6 Å². The zero-order valence-electron chi connectivity index (χ0n) is 5.10. The summed E-state index contributed by atoms with van der Waals surface area (Å²) < 4.78 is 4.42. The van der Waals surface area contributed by atoms with E-state index >= 15 is 0 Å². The van der Waals surface area contributed by atoms with Gasteiger partial charge in [0.05, 0.1) is 6.61 Å². The first-order valence-electron chi connectivity index (χ1n) is 2.70. The SMILES string of the molecule is C=CCCCOC(=O)Cl. The molecule has 3 heteroatoms. The van der Waals surface area contributed by atoms with Crippen LogP contribution < -0.4 is 0 Å².